The van der Waals surface area contributed by atoms with Crippen LogP contribution in [0.1, 0.15) is 79.6 Å². The molecule has 0 aromatic carbocycles. The van der Waals surface area contributed by atoms with E-state index in [1.54, 1.807) is 0 Å². The highest BCUT2D eigenvalue weighted by Gasteiger charge is 2.50. The number of Topliss-reactive ketones (excluding diaryl/α,β-unsaturated/α-hetero) is 1. The molecule has 0 saturated heterocycles. The lowest BCUT2D eigenvalue weighted by atomic mass is 9.64. The van der Waals surface area contributed by atoms with Gasteiger partial charge in [-0.3, -0.25) is 4.79 Å². The first-order valence-electron chi connectivity index (χ1n) is 9.40. The molecule has 0 spiro atoms. The van der Waals surface area contributed by atoms with Gasteiger partial charge in [-0.25, -0.2) is 0 Å². The number of hydrogen-bond acceptors (Lipinski definition) is 2. The van der Waals surface area contributed by atoms with Crippen LogP contribution in [0.5, 0.6) is 0 Å². The number of aliphatic hydroxyl groups is 1. The summed E-state index contributed by atoms with van der Waals surface area (Å²) in [6.07, 6.45) is 27.5. The predicted molar refractivity (Wildman–Crippen MR) is 109 cm³/mol. The molecule has 142 valence electrons. The van der Waals surface area contributed by atoms with Crippen molar-refractivity contribution in [3.05, 3.63) is 12.2 Å². The molecular formula is C23H38O2. The van der Waals surface area contributed by atoms with Crippen LogP contribution in [-0.4, -0.2) is 16.5 Å². The lowest BCUT2D eigenvalue weighted by Crippen LogP contribution is -2.37. The Morgan fingerprint density at radius 2 is 1.72 bits per heavy atom. The van der Waals surface area contributed by atoms with Crippen molar-refractivity contribution in [1.29, 1.82) is 0 Å². The van der Waals surface area contributed by atoms with E-state index in [9.17, 15) is 9.90 Å². The van der Waals surface area contributed by atoms with Gasteiger partial charge in [0.25, 0.3) is 0 Å². The Morgan fingerprint density at radius 3 is 2.24 bits per heavy atom. The molecule has 0 heterocycles. The summed E-state index contributed by atoms with van der Waals surface area (Å²) in [5, 5.41) is 9.69. The van der Waals surface area contributed by atoms with E-state index >= 15 is 0 Å². The zero-order valence-corrected chi connectivity index (χ0v) is 16.9. The summed E-state index contributed by atoms with van der Waals surface area (Å²) in [4.78, 5) is 12.0. The number of fused-ring (bicyclic) bond motifs is 1. The molecule has 0 aromatic heterocycles. The second kappa shape index (κ2) is 12.8. The van der Waals surface area contributed by atoms with Crippen molar-refractivity contribution in [2.24, 2.45) is 17.3 Å². The molecule has 2 fully saturated rings. The van der Waals surface area contributed by atoms with Crippen molar-refractivity contribution < 1.29 is 9.90 Å². The summed E-state index contributed by atoms with van der Waals surface area (Å²) in [5.41, 5.74) is -0.367. The van der Waals surface area contributed by atoms with E-state index in [4.69, 9.17) is 0 Å². The lowest BCUT2D eigenvalue weighted by Gasteiger charge is -2.39. The Labute approximate surface area is 156 Å². The van der Waals surface area contributed by atoms with Gasteiger partial charge >= 0.3 is 0 Å². The molecule has 25 heavy (non-hydrogen) atoms. The molecule has 2 nitrogen and oxygen atoms in total. The van der Waals surface area contributed by atoms with Crippen LogP contribution in [0.3, 0.4) is 0 Å². The summed E-state index contributed by atoms with van der Waals surface area (Å²) in [5.74, 6) is 1.49. The highest BCUT2D eigenvalue weighted by atomic mass is 16.3. The topological polar surface area (TPSA) is 37.3 Å². The van der Waals surface area contributed by atoms with E-state index in [1.165, 1.54) is 12.8 Å². The Hall–Kier alpha value is -1.51. The highest BCUT2D eigenvalue weighted by Crippen LogP contribution is 2.55. The molecule has 2 aliphatic rings. The van der Waals surface area contributed by atoms with Crippen molar-refractivity contribution in [3.63, 3.8) is 0 Å². The van der Waals surface area contributed by atoms with Gasteiger partial charge in [0.1, 0.15) is 5.78 Å². The van der Waals surface area contributed by atoms with Gasteiger partial charge in [0.15, 0.2) is 0 Å². The number of hydrogen-bond donors (Lipinski definition) is 1. The second-order valence-electron chi connectivity index (χ2n) is 7.38. The van der Waals surface area contributed by atoms with Crippen LogP contribution in [-0.2, 0) is 4.79 Å². The third-order valence-corrected chi connectivity index (χ3v) is 5.26. The third kappa shape index (κ3) is 7.94. The number of rotatable bonds is 4. The van der Waals surface area contributed by atoms with Gasteiger partial charge in [-0.1, -0.05) is 32.9 Å². The van der Waals surface area contributed by atoms with E-state index in [2.05, 4.69) is 44.8 Å². The van der Waals surface area contributed by atoms with Crippen LogP contribution in [0.25, 0.3) is 0 Å². The van der Waals surface area contributed by atoms with Gasteiger partial charge in [0.2, 0.25) is 0 Å². The Bertz CT molecular complexity index is 430. The van der Waals surface area contributed by atoms with Crippen LogP contribution in [0, 0.1) is 42.9 Å². The molecule has 2 saturated carbocycles. The minimum atomic E-state index is -0.612. The standard InChI is InChI=1S/C17H28O2.C2H6.2C2H2/c1-16(2,19)11-5-4-7-13-9-10-14-15(18)8-6-12-17(13,14)3;3*1-2/h4-5,13-14,19H,6-12H2,1-3H3;1-2H3;2*1-2H/b5-4+;;;/t13-,14?,17+;;;/m0.../s1. The van der Waals surface area contributed by atoms with Crippen LogP contribution in [0.4, 0.5) is 0 Å². The molecule has 1 N–H and O–H groups in total. The minimum Gasteiger partial charge on any atom is -0.390 e. The van der Waals surface area contributed by atoms with Crippen molar-refractivity contribution in [3.8, 4) is 25.7 Å². The van der Waals surface area contributed by atoms with E-state index in [1.807, 2.05) is 27.7 Å². The molecule has 1 unspecified atom stereocenters. The quantitative estimate of drug-likeness (QED) is 0.546. The monoisotopic (exact) mass is 346 g/mol. The molecule has 0 aromatic rings. The van der Waals surface area contributed by atoms with Crippen LogP contribution < -0.4 is 0 Å². The molecule has 0 aliphatic heterocycles. The summed E-state index contributed by atoms with van der Waals surface area (Å²) >= 11 is 0. The normalized spacial score (nSPS) is 27.7. The summed E-state index contributed by atoms with van der Waals surface area (Å²) in [6.45, 7) is 10.0. The lowest BCUT2D eigenvalue weighted by molar-refractivity contribution is -0.129. The van der Waals surface area contributed by atoms with Gasteiger partial charge in [-0.15, -0.1) is 25.7 Å². The average molecular weight is 347 g/mol. The van der Waals surface area contributed by atoms with Gasteiger partial charge in [0, 0.05) is 12.3 Å². The fourth-order valence-electron chi connectivity index (χ4n) is 4.06. The fourth-order valence-corrected chi connectivity index (χ4v) is 4.06. The van der Waals surface area contributed by atoms with Crippen molar-refractivity contribution in [2.75, 3.05) is 0 Å². The van der Waals surface area contributed by atoms with E-state index in [0.717, 1.165) is 25.7 Å². The molecule has 2 rings (SSSR count). The van der Waals surface area contributed by atoms with E-state index in [-0.39, 0.29) is 5.41 Å². The van der Waals surface area contributed by atoms with E-state index in [0.29, 0.717) is 24.0 Å². The first-order chi connectivity index (χ1) is 11.8. The maximum Gasteiger partial charge on any atom is 0.136 e. The SMILES string of the molecule is C#C.C#C.CC.CC(C)(O)C/C=C/C[C@H]1CCC2C(=O)CCC[C@@]21C. The zero-order valence-electron chi connectivity index (χ0n) is 16.9. The number of ketones is 1. The Balaban J connectivity index is 0. The van der Waals surface area contributed by atoms with Gasteiger partial charge in [-0.05, 0) is 63.7 Å². The van der Waals surface area contributed by atoms with E-state index < -0.39 is 5.60 Å². The number of terminal acetylenes is 2. The Kier molecular flexibility index (Phi) is 13.2. The molecule has 0 amide bonds. The molecule has 0 radical (unpaired) electrons. The largest absolute Gasteiger partial charge is 0.390 e. The van der Waals surface area contributed by atoms with Crippen LogP contribution >= 0.6 is 0 Å². The summed E-state index contributed by atoms with van der Waals surface area (Å²) < 4.78 is 0. The van der Waals surface area contributed by atoms with Crippen LogP contribution in [0.15, 0.2) is 12.2 Å². The summed E-state index contributed by atoms with van der Waals surface area (Å²) in [6, 6.07) is 0. The smallest absolute Gasteiger partial charge is 0.136 e. The number of allylic oxidation sites excluding steroid dienone is 1. The first-order valence-corrected chi connectivity index (χ1v) is 9.40. The molecule has 0 bridgehead atoms. The van der Waals surface area contributed by atoms with Gasteiger partial charge in [0.05, 0.1) is 5.60 Å². The number of carbonyl (C=O) groups is 1. The maximum absolute atomic E-state index is 12.0. The summed E-state index contributed by atoms with van der Waals surface area (Å²) in [7, 11) is 0. The minimum absolute atomic E-state index is 0.244. The number of carbonyl (C=O) groups excluding carboxylic acids is 1. The predicted octanol–water partition coefficient (Wildman–Crippen LogP) is 5.40. The molecule has 3 atom stereocenters. The maximum atomic E-state index is 12.0. The van der Waals surface area contributed by atoms with Crippen molar-refractivity contribution >= 4 is 5.78 Å². The molecule has 2 heteroatoms. The average Bonchev–Trinajstić information content (AvgIpc) is 2.94. The van der Waals surface area contributed by atoms with Crippen molar-refractivity contribution in [2.45, 2.75) is 85.2 Å². The van der Waals surface area contributed by atoms with Gasteiger partial charge < -0.3 is 5.11 Å². The van der Waals surface area contributed by atoms with Crippen LogP contribution in [0.2, 0.25) is 0 Å². The van der Waals surface area contributed by atoms with Crippen molar-refractivity contribution in [1.82, 2.24) is 0 Å². The van der Waals surface area contributed by atoms with Gasteiger partial charge in [-0.2, -0.15) is 0 Å². The zero-order chi connectivity index (χ0) is 20.1. The Morgan fingerprint density at radius 1 is 1.16 bits per heavy atom. The highest BCUT2D eigenvalue weighted by molar-refractivity contribution is 5.83. The molecular weight excluding hydrogens is 308 g/mol. The first kappa shape index (κ1) is 25.7. The fraction of sp³-hybridized carbons (Fsp3) is 0.696. The molecule has 2 aliphatic carbocycles. The second-order valence-corrected chi connectivity index (χ2v) is 7.38. The third-order valence-electron chi connectivity index (χ3n) is 5.26.